The summed E-state index contributed by atoms with van der Waals surface area (Å²) in [7, 11) is 0. The molecule has 1 radical (unpaired) electrons. The number of carbonyl (C=O) groups excluding carboxylic acids is 1. The molecule has 1 fully saturated rings. The summed E-state index contributed by atoms with van der Waals surface area (Å²) >= 11 is 0. The Morgan fingerprint density at radius 3 is 2.40 bits per heavy atom. The molecule has 1 rings (SSSR count). The Hall–Kier alpha value is 0.792. The molecule has 5 nitrogen and oxygen atoms in total. The topological polar surface area (TPSA) is 96.4 Å². The third-order valence-corrected chi connectivity index (χ3v) is 4.39. The predicted octanol–water partition coefficient (Wildman–Crippen LogP) is 1.73. The Labute approximate surface area is 157 Å². The fraction of sp³-hybridized carbons (Fsp3) is 0.929. The van der Waals surface area contributed by atoms with E-state index in [0.29, 0.717) is 13.0 Å². The van der Waals surface area contributed by atoms with Crippen LogP contribution in [0.15, 0.2) is 0 Å². The molecular weight excluding hydrogens is 471 g/mol. The fourth-order valence-corrected chi connectivity index (χ4v) is 3.19. The third kappa shape index (κ3) is 4.64. The van der Waals surface area contributed by atoms with Crippen molar-refractivity contribution in [2.45, 2.75) is 58.2 Å². The van der Waals surface area contributed by atoms with Gasteiger partial charge in [-0.25, -0.2) is 0 Å². The number of esters is 1. The summed E-state index contributed by atoms with van der Waals surface area (Å²) in [6.07, 6.45) is 1.35. The van der Waals surface area contributed by atoms with Crippen molar-refractivity contribution in [1.29, 1.82) is 0 Å². The normalized spacial score (nSPS) is 30.9. The summed E-state index contributed by atoms with van der Waals surface area (Å²) < 4.78 is 4.97. The average molecular weight is 498 g/mol. The molecule has 6 heteroatoms. The van der Waals surface area contributed by atoms with Crippen LogP contribution in [0.3, 0.4) is 0 Å². The maximum atomic E-state index is 11.8. The van der Waals surface area contributed by atoms with Crippen LogP contribution < -0.4 is 5.73 Å². The van der Waals surface area contributed by atoms with Crippen LogP contribution >= 0.6 is 0 Å². The Morgan fingerprint density at radius 1 is 1.40 bits per heavy atom. The summed E-state index contributed by atoms with van der Waals surface area (Å²) in [5, 5.41) is 10.3. The summed E-state index contributed by atoms with van der Waals surface area (Å²) in [5.41, 5.74) is 14.4. The molecule has 0 heterocycles. The van der Waals surface area contributed by atoms with Gasteiger partial charge in [0.2, 0.25) is 0 Å². The SMILES string of the molecule is CCOC(=O)C1CC(N)C(C([NH-])C(CC)CC)C1O.[Ac]. The molecule has 0 aromatic carbocycles. The van der Waals surface area contributed by atoms with Gasteiger partial charge in [0.15, 0.2) is 0 Å². The minimum absolute atomic E-state index is 0. The number of nitrogens with two attached hydrogens (primary N) is 1. The predicted molar refractivity (Wildman–Crippen MR) is 74.4 cm³/mol. The van der Waals surface area contributed by atoms with Gasteiger partial charge < -0.3 is 21.3 Å². The van der Waals surface area contributed by atoms with Crippen LogP contribution in [0.25, 0.3) is 5.73 Å². The molecule has 0 aromatic rings. The third-order valence-electron chi connectivity index (χ3n) is 4.39. The molecule has 20 heavy (non-hydrogen) atoms. The smallest absolute Gasteiger partial charge is 0.311 e. The largest absolute Gasteiger partial charge is 0.674 e. The van der Waals surface area contributed by atoms with Crippen molar-refractivity contribution in [3.8, 4) is 0 Å². The first kappa shape index (κ1) is 20.8. The van der Waals surface area contributed by atoms with Crippen LogP contribution in [0, 0.1) is 61.8 Å². The zero-order valence-electron chi connectivity index (χ0n) is 12.7. The van der Waals surface area contributed by atoms with E-state index in [4.69, 9.17) is 16.2 Å². The van der Waals surface area contributed by atoms with Gasteiger partial charge in [-0.05, 0) is 19.3 Å². The van der Waals surface area contributed by atoms with E-state index in [-0.39, 0.29) is 67.9 Å². The zero-order chi connectivity index (χ0) is 14.6. The standard InChI is InChI=1S/C14H27N2O3.Ac/c1-4-8(5-2)12(16)11-10(15)7-9(13(11)17)14(18)19-6-3;/h8-13,16-17H,4-7,15H2,1-3H3;/q-1;. The minimum Gasteiger partial charge on any atom is -0.674 e. The average Bonchev–Trinajstić information content (AvgIpc) is 2.66. The molecule has 0 aliphatic heterocycles. The van der Waals surface area contributed by atoms with Crippen molar-refractivity contribution in [1.82, 2.24) is 0 Å². The van der Waals surface area contributed by atoms with E-state index in [2.05, 4.69) is 0 Å². The van der Waals surface area contributed by atoms with Crippen molar-refractivity contribution in [3.05, 3.63) is 5.73 Å². The van der Waals surface area contributed by atoms with Crippen molar-refractivity contribution in [2.75, 3.05) is 6.61 Å². The molecule has 1 aliphatic rings. The van der Waals surface area contributed by atoms with Gasteiger partial charge >= 0.3 is 5.97 Å². The van der Waals surface area contributed by atoms with E-state index >= 15 is 0 Å². The minimum atomic E-state index is -0.850. The summed E-state index contributed by atoms with van der Waals surface area (Å²) in [5.74, 6) is -1.07. The number of carbonyl (C=O) groups is 1. The first-order valence-electron chi connectivity index (χ1n) is 7.29. The van der Waals surface area contributed by atoms with Gasteiger partial charge in [0.1, 0.15) is 0 Å². The zero-order valence-corrected chi connectivity index (χ0v) is 17.5. The first-order valence-corrected chi connectivity index (χ1v) is 7.29. The molecule has 0 saturated heterocycles. The number of rotatable bonds is 6. The summed E-state index contributed by atoms with van der Waals surface area (Å²) in [6.45, 7) is 6.14. The molecule has 115 valence electrons. The van der Waals surface area contributed by atoms with E-state index in [1.54, 1.807) is 6.92 Å². The Bertz CT molecular complexity index is 300. The van der Waals surface area contributed by atoms with Crippen LogP contribution in [0.5, 0.6) is 0 Å². The van der Waals surface area contributed by atoms with Crippen LogP contribution in [0.4, 0.5) is 0 Å². The molecular formula is C14H27AcN2O3-. The van der Waals surface area contributed by atoms with Gasteiger partial charge in [0.25, 0.3) is 0 Å². The number of hydrogen-bond acceptors (Lipinski definition) is 4. The van der Waals surface area contributed by atoms with Gasteiger partial charge in [-0.1, -0.05) is 32.6 Å². The van der Waals surface area contributed by atoms with E-state index < -0.39 is 18.1 Å². The van der Waals surface area contributed by atoms with E-state index in [0.717, 1.165) is 12.8 Å². The quantitative estimate of drug-likeness (QED) is 0.546. The van der Waals surface area contributed by atoms with Gasteiger partial charge in [-0.2, -0.15) is 0 Å². The fourth-order valence-electron chi connectivity index (χ4n) is 3.19. The molecule has 5 atom stereocenters. The maximum absolute atomic E-state index is 11.8. The second kappa shape index (κ2) is 9.74. The molecule has 1 saturated carbocycles. The monoisotopic (exact) mass is 498 g/mol. The van der Waals surface area contributed by atoms with Gasteiger partial charge in [0.05, 0.1) is 18.6 Å². The number of aliphatic hydroxyl groups is 1. The van der Waals surface area contributed by atoms with E-state index in [1.807, 2.05) is 13.8 Å². The van der Waals surface area contributed by atoms with Gasteiger partial charge in [0, 0.05) is 50.1 Å². The molecule has 0 aromatic heterocycles. The Kier molecular flexibility index (Phi) is 10.1. The van der Waals surface area contributed by atoms with Crippen LogP contribution in [0.2, 0.25) is 0 Å². The van der Waals surface area contributed by atoms with Crippen molar-refractivity contribution in [2.24, 2.45) is 23.5 Å². The summed E-state index contributed by atoms with van der Waals surface area (Å²) in [4.78, 5) is 11.8. The van der Waals surface area contributed by atoms with Crippen molar-refractivity contribution < 1.29 is 58.7 Å². The number of ether oxygens (including phenoxy) is 1. The molecule has 4 N–H and O–H groups in total. The second-order valence-corrected chi connectivity index (χ2v) is 5.43. The Morgan fingerprint density at radius 2 is 1.95 bits per heavy atom. The van der Waals surface area contributed by atoms with Crippen LogP contribution in [0.1, 0.15) is 40.0 Å². The van der Waals surface area contributed by atoms with Crippen LogP contribution in [-0.2, 0) is 9.53 Å². The van der Waals surface area contributed by atoms with Gasteiger partial charge in [-0.15, -0.1) is 6.04 Å². The number of hydrogen-bond donors (Lipinski definition) is 2. The molecule has 1 aliphatic carbocycles. The molecule has 0 bridgehead atoms. The van der Waals surface area contributed by atoms with E-state index in [1.165, 1.54) is 0 Å². The van der Waals surface area contributed by atoms with Crippen LogP contribution in [-0.4, -0.2) is 35.9 Å². The van der Waals surface area contributed by atoms with Crippen molar-refractivity contribution in [3.63, 3.8) is 0 Å². The first-order chi connectivity index (χ1) is 8.97. The molecule has 0 spiro atoms. The maximum Gasteiger partial charge on any atom is 0.311 e. The van der Waals surface area contributed by atoms with Gasteiger partial charge in [-0.3, -0.25) is 4.79 Å². The number of nitrogens with one attached hydrogen (secondary N) is 1. The van der Waals surface area contributed by atoms with Crippen molar-refractivity contribution >= 4 is 5.97 Å². The second-order valence-electron chi connectivity index (χ2n) is 5.43. The molecule has 5 unspecified atom stereocenters. The summed E-state index contributed by atoms with van der Waals surface area (Å²) in [6, 6.07) is -0.716. The number of aliphatic hydroxyl groups excluding tert-OH is 1. The van der Waals surface area contributed by atoms with E-state index in [9.17, 15) is 9.90 Å². The molecule has 0 amide bonds. The Balaban J connectivity index is 0.00000361.